The maximum absolute atomic E-state index is 12.3. The van der Waals surface area contributed by atoms with Gasteiger partial charge in [0.25, 0.3) is 0 Å². The molecule has 0 aliphatic carbocycles. The number of esters is 1. The van der Waals surface area contributed by atoms with Crippen LogP contribution < -0.4 is 20.9 Å². The van der Waals surface area contributed by atoms with Crippen LogP contribution in [0.5, 0.6) is 11.5 Å². The molecule has 0 bridgehead atoms. The summed E-state index contributed by atoms with van der Waals surface area (Å²) in [4.78, 5) is 12.3. The maximum Gasteiger partial charge on any atom is 0.343 e. The van der Waals surface area contributed by atoms with Gasteiger partial charge >= 0.3 is 5.97 Å². The molecule has 0 spiro atoms. The number of aryl methyl sites for hydroxylation is 1. The van der Waals surface area contributed by atoms with Crippen molar-refractivity contribution >= 4 is 22.9 Å². The van der Waals surface area contributed by atoms with E-state index in [0.717, 1.165) is 16.7 Å². The number of nitrogen functional groups attached to an aromatic ring is 2. The van der Waals surface area contributed by atoms with E-state index in [-0.39, 0.29) is 0 Å². The number of anilines is 2. The molecular weight excluding hydrogens is 364 g/mol. The minimum absolute atomic E-state index is 0.321. The molecular formula is C24H24N2O3. The van der Waals surface area contributed by atoms with E-state index in [0.29, 0.717) is 41.5 Å². The van der Waals surface area contributed by atoms with Gasteiger partial charge in [0.1, 0.15) is 11.5 Å². The van der Waals surface area contributed by atoms with Crippen molar-refractivity contribution < 1.29 is 14.3 Å². The lowest BCUT2D eigenvalue weighted by molar-refractivity contribution is -0.127. The molecule has 0 aliphatic rings. The predicted octanol–water partition coefficient (Wildman–Crippen LogP) is 4.40. The van der Waals surface area contributed by atoms with Crippen LogP contribution in [0, 0.1) is 6.92 Å². The molecule has 0 fully saturated rings. The van der Waals surface area contributed by atoms with Gasteiger partial charge in [0.2, 0.25) is 0 Å². The quantitative estimate of drug-likeness (QED) is 0.271. The van der Waals surface area contributed by atoms with Gasteiger partial charge in [0.15, 0.2) is 0 Å². The predicted molar refractivity (Wildman–Crippen MR) is 117 cm³/mol. The van der Waals surface area contributed by atoms with Crippen LogP contribution in [0.1, 0.15) is 16.7 Å². The highest BCUT2D eigenvalue weighted by Crippen LogP contribution is 2.24. The van der Waals surface area contributed by atoms with Crippen LogP contribution in [-0.4, -0.2) is 12.6 Å². The van der Waals surface area contributed by atoms with Gasteiger partial charge in [0, 0.05) is 18.2 Å². The zero-order valence-electron chi connectivity index (χ0n) is 16.4. The normalized spacial score (nSPS) is 10.4. The molecule has 0 saturated carbocycles. The number of ether oxygens (including phenoxy) is 2. The number of hydrogen-bond acceptors (Lipinski definition) is 5. The Morgan fingerprint density at radius 2 is 1.66 bits per heavy atom. The van der Waals surface area contributed by atoms with Gasteiger partial charge in [-0.15, -0.1) is 0 Å². The van der Waals surface area contributed by atoms with Crippen molar-refractivity contribution in [3.05, 3.63) is 90.0 Å². The van der Waals surface area contributed by atoms with E-state index < -0.39 is 5.97 Å². The molecule has 148 valence electrons. The van der Waals surface area contributed by atoms with E-state index in [1.165, 1.54) is 0 Å². The average Bonchev–Trinajstić information content (AvgIpc) is 2.72. The molecule has 0 aromatic heterocycles. The van der Waals surface area contributed by atoms with E-state index in [1.54, 1.807) is 30.3 Å². The van der Waals surface area contributed by atoms with Gasteiger partial charge in [0.05, 0.1) is 17.9 Å². The van der Waals surface area contributed by atoms with Gasteiger partial charge in [-0.25, -0.2) is 4.79 Å². The molecule has 0 amide bonds. The fourth-order valence-corrected chi connectivity index (χ4v) is 2.72. The van der Waals surface area contributed by atoms with Gasteiger partial charge in [-0.2, -0.15) is 0 Å². The number of carbonyl (C=O) groups excluding carboxylic acids is 1. The summed E-state index contributed by atoms with van der Waals surface area (Å²) >= 11 is 0. The number of benzene rings is 3. The summed E-state index contributed by atoms with van der Waals surface area (Å²) in [5.74, 6) is 0.570. The van der Waals surface area contributed by atoms with Gasteiger partial charge in [-0.05, 0) is 42.3 Å². The summed E-state index contributed by atoms with van der Waals surface area (Å²) in [6.45, 7) is 6.28. The van der Waals surface area contributed by atoms with Crippen molar-refractivity contribution in [2.75, 3.05) is 18.1 Å². The highest BCUT2D eigenvalue weighted by Gasteiger charge is 2.12. The average molecular weight is 388 g/mol. The third-order valence-corrected chi connectivity index (χ3v) is 4.47. The lowest BCUT2D eigenvalue weighted by Gasteiger charge is -2.10. The van der Waals surface area contributed by atoms with E-state index in [2.05, 4.69) is 6.58 Å². The molecule has 0 unspecified atom stereocenters. The maximum atomic E-state index is 12.3. The van der Waals surface area contributed by atoms with Crippen molar-refractivity contribution in [2.45, 2.75) is 13.3 Å². The van der Waals surface area contributed by atoms with Crippen molar-refractivity contribution in [1.82, 2.24) is 0 Å². The first-order valence-electron chi connectivity index (χ1n) is 9.27. The number of rotatable bonds is 7. The van der Waals surface area contributed by atoms with E-state index in [1.807, 2.05) is 43.3 Å². The zero-order chi connectivity index (χ0) is 20.8. The molecule has 0 radical (unpaired) electrons. The molecule has 0 aliphatic heterocycles. The number of carbonyl (C=O) groups is 1. The van der Waals surface area contributed by atoms with E-state index in [4.69, 9.17) is 20.9 Å². The van der Waals surface area contributed by atoms with E-state index in [9.17, 15) is 4.79 Å². The molecule has 4 N–H and O–H groups in total. The minimum atomic E-state index is -0.470. The Balaban J connectivity index is 1.53. The van der Waals surface area contributed by atoms with Crippen molar-refractivity contribution in [3.63, 3.8) is 0 Å². The second-order valence-electron chi connectivity index (χ2n) is 6.77. The smallest absolute Gasteiger partial charge is 0.343 e. The summed E-state index contributed by atoms with van der Waals surface area (Å²) in [5.41, 5.74) is 16.0. The van der Waals surface area contributed by atoms with Gasteiger partial charge in [-0.1, -0.05) is 48.5 Å². The molecule has 3 aromatic rings. The van der Waals surface area contributed by atoms with Crippen LogP contribution >= 0.6 is 0 Å². The van der Waals surface area contributed by atoms with Crippen LogP contribution in [0.4, 0.5) is 11.4 Å². The third-order valence-electron chi connectivity index (χ3n) is 4.47. The standard InChI is InChI=1S/C24H24N2O3/c1-16-3-7-19(8-4-16)17(2)24(27)29-21-10-5-18(6-11-21)13-14-28-23-15-20(25)9-12-22(23)26/h3-12,15H,2,13-14,25-26H2,1H3. The Kier molecular flexibility index (Phi) is 6.19. The Morgan fingerprint density at radius 3 is 2.34 bits per heavy atom. The number of nitrogens with two attached hydrogens (primary N) is 2. The van der Waals surface area contributed by atoms with Crippen LogP contribution in [0.2, 0.25) is 0 Å². The monoisotopic (exact) mass is 388 g/mol. The second kappa shape index (κ2) is 8.97. The lowest BCUT2D eigenvalue weighted by atomic mass is 10.1. The fourth-order valence-electron chi connectivity index (χ4n) is 2.72. The topological polar surface area (TPSA) is 87.6 Å². The summed E-state index contributed by atoms with van der Waals surface area (Å²) in [7, 11) is 0. The zero-order valence-corrected chi connectivity index (χ0v) is 16.4. The van der Waals surface area contributed by atoms with Crippen molar-refractivity contribution in [1.29, 1.82) is 0 Å². The molecule has 5 heteroatoms. The third kappa shape index (κ3) is 5.39. The molecule has 29 heavy (non-hydrogen) atoms. The van der Waals surface area contributed by atoms with Crippen molar-refractivity contribution in [2.24, 2.45) is 0 Å². The summed E-state index contributed by atoms with van der Waals surface area (Å²) < 4.78 is 11.1. The molecule has 0 heterocycles. The largest absolute Gasteiger partial charge is 0.491 e. The Hall–Kier alpha value is -3.73. The van der Waals surface area contributed by atoms with Gasteiger partial charge < -0.3 is 20.9 Å². The first kappa shape index (κ1) is 20.0. The Bertz CT molecular complexity index is 1010. The van der Waals surface area contributed by atoms with Crippen LogP contribution in [0.25, 0.3) is 5.57 Å². The Morgan fingerprint density at radius 1 is 0.966 bits per heavy atom. The highest BCUT2D eigenvalue weighted by atomic mass is 16.5. The first-order valence-corrected chi connectivity index (χ1v) is 9.27. The first-order chi connectivity index (χ1) is 13.9. The summed E-state index contributed by atoms with van der Waals surface area (Å²) in [6, 6.07) is 20.0. The summed E-state index contributed by atoms with van der Waals surface area (Å²) in [6.07, 6.45) is 0.679. The molecule has 5 nitrogen and oxygen atoms in total. The molecule has 3 rings (SSSR count). The number of hydrogen-bond donors (Lipinski definition) is 2. The summed E-state index contributed by atoms with van der Waals surface area (Å²) in [5, 5.41) is 0. The van der Waals surface area contributed by atoms with Crippen LogP contribution in [-0.2, 0) is 11.2 Å². The van der Waals surface area contributed by atoms with Gasteiger partial charge in [-0.3, -0.25) is 0 Å². The van der Waals surface area contributed by atoms with Crippen LogP contribution in [0.3, 0.4) is 0 Å². The van der Waals surface area contributed by atoms with E-state index >= 15 is 0 Å². The Labute approximate surface area is 170 Å². The SMILES string of the molecule is C=C(C(=O)Oc1ccc(CCOc2cc(N)ccc2N)cc1)c1ccc(C)cc1. The lowest BCUT2D eigenvalue weighted by Crippen LogP contribution is -2.09. The van der Waals surface area contributed by atoms with Crippen molar-refractivity contribution in [3.8, 4) is 11.5 Å². The highest BCUT2D eigenvalue weighted by molar-refractivity contribution is 6.16. The fraction of sp³-hybridized carbons (Fsp3) is 0.125. The van der Waals surface area contributed by atoms with Crippen LogP contribution in [0.15, 0.2) is 73.3 Å². The molecule has 3 aromatic carbocycles. The minimum Gasteiger partial charge on any atom is -0.491 e. The molecule has 0 atom stereocenters. The molecule has 0 saturated heterocycles. The second-order valence-corrected chi connectivity index (χ2v) is 6.77.